The Morgan fingerprint density at radius 3 is 2.70 bits per heavy atom. The summed E-state index contributed by atoms with van der Waals surface area (Å²) >= 11 is 0. The lowest BCUT2D eigenvalue weighted by Crippen LogP contribution is -2.29. The highest BCUT2D eigenvalue weighted by molar-refractivity contribution is 5.56. The van der Waals surface area contributed by atoms with Gasteiger partial charge >= 0.3 is 0 Å². The highest BCUT2D eigenvalue weighted by Gasteiger charge is 2.31. The third kappa shape index (κ3) is 2.41. The molecule has 1 aromatic heterocycles. The normalized spacial score (nSPS) is 14.8. The van der Waals surface area contributed by atoms with Crippen molar-refractivity contribution < 1.29 is 13.9 Å². The van der Waals surface area contributed by atoms with Gasteiger partial charge < -0.3 is 19.2 Å². The summed E-state index contributed by atoms with van der Waals surface area (Å²) in [4.78, 5) is 0. The number of fused-ring (bicyclic) bond motifs is 1. The molecule has 2 heterocycles. The van der Waals surface area contributed by atoms with Gasteiger partial charge in [-0.05, 0) is 24.3 Å². The molecule has 1 aliphatic heterocycles. The maximum absolute atomic E-state index is 8.70. The van der Waals surface area contributed by atoms with Crippen LogP contribution in [0.5, 0.6) is 11.5 Å². The van der Waals surface area contributed by atoms with Gasteiger partial charge in [-0.25, -0.2) is 0 Å². The fourth-order valence-corrected chi connectivity index (χ4v) is 2.05. The predicted molar refractivity (Wildman–Crippen MR) is 72.5 cm³/mol. The molecule has 2 aromatic rings. The number of ether oxygens (including phenoxy) is 2. The van der Waals surface area contributed by atoms with E-state index in [1.807, 2.05) is 38.1 Å². The van der Waals surface area contributed by atoms with Crippen LogP contribution in [-0.4, -0.2) is 5.79 Å². The van der Waals surface area contributed by atoms with Gasteiger partial charge in [-0.3, -0.25) is 0 Å². The van der Waals surface area contributed by atoms with Crippen LogP contribution >= 0.6 is 0 Å². The van der Waals surface area contributed by atoms with Gasteiger partial charge in [-0.15, -0.1) is 0 Å². The van der Waals surface area contributed by atoms with E-state index < -0.39 is 5.79 Å². The number of rotatable bonds is 3. The highest BCUT2D eigenvalue weighted by atomic mass is 16.7. The summed E-state index contributed by atoms with van der Waals surface area (Å²) in [7, 11) is 0. The Morgan fingerprint density at radius 1 is 1.15 bits per heavy atom. The molecule has 20 heavy (non-hydrogen) atoms. The average Bonchev–Trinajstić information content (AvgIpc) is 2.97. The molecule has 3 rings (SSSR count). The van der Waals surface area contributed by atoms with Gasteiger partial charge in [-0.2, -0.15) is 5.26 Å². The minimum Gasteiger partial charge on any atom is -0.449 e. The molecule has 1 aromatic carbocycles. The second-order valence-corrected chi connectivity index (χ2v) is 5.00. The van der Waals surface area contributed by atoms with Crippen molar-refractivity contribution in [3.63, 3.8) is 0 Å². The van der Waals surface area contributed by atoms with E-state index in [0.717, 1.165) is 17.2 Å². The Balaban J connectivity index is 1.69. The summed E-state index contributed by atoms with van der Waals surface area (Å²) in [6.07, 6.45) is 0. The van der Waals surface area contributed by atoms with Crippen LogP contribution in [0.1, 0.15) is 25.4 Å². The number of nitrogens with zero attached hydrogens (tertiary/aromatic N) is 1. The van der Waals surface area contributed by atoms with E-state index in [-0.39, 0.29) is 0 Å². The van der Waals surface area contributed by atoms with Crippen LogP contribution in [0.3, 0.4) is 0 Å². The molecule has 0 spiro atoms. The third-order valence-electron chi connectivity index (χ3n) is 2.89. The molecule has 0 fully saturated rings. The van der Waals surface area contributed by atoms with Crippen LogP contribution in [0.2, 0.25) is 0 Å². The SMILES string of the molecule is CC1(C)Oc2ccc(NCc3ccc(C#N)o3)cc2O1. The van der Waals surface area contributed by atoms with Crippen LogP contribution in [0.15, 0.2) is 34.7 Å². The van der Waals surface area contributed by atoms with E-state index in [9.17, 15) is 0 Å². The molecule has 1 aliphatic rings. The monoisotopic (exact) mass is 270 g/mol. The predicted octanol–water partition coefficient (Wildman–Crippen LogP) is 3.27. The fraction of sp³-hybridized carbons (Fsp3) is 0.267. The largest absolute Gasteiger partial charge is 0.449 e. The van der Waals surface area contributed by atoms with Gasteiger partial charge in [-0.1, -0.05) is 0 Å². The Hall–Kier alpha value is -2.61. The van der Waals surface area contributed by atoms with Crippen LogP contribution in [0.25, 0.3) is 0 Å². The number of hydrogen-bond acceptors (Lipinski definition) is 5. The molecular formula is C15H14N2O3. The molecule has 0 saturated carbocycles. The minimum absolute atomic E-state index is 0.314. The lowest BCUT2D eigenvalue weighted by atomic mass is 10.2. The molecule has 0 saturated heterocycles. The van der Waals surface area contributed by atoms with Gasteiger partial charge in [0.2, 0.25) is 11.5 Å². The van der Waals surface area contributed by atoms with E-state index in [1.54, 1.807) is 12.1 Å². The minimum atomic E-state index is -0.621. The standard InChI is InChI=1S/C15H14N2O3/c1-15(2)19-13-6-3-10(7-14(13)20-15)17-9-12-5-4-11(8-16)18-12/h3-7,17H,9H2,1-2H3. The Kier molecular flexibility index (Phi) is 2.79. The van der Waals surface area contributed by atoms with Crippen molar-refractivity contribution in [3.8, 4) is 17.6 Å². The zero-order valence-electron chi connectivity index (χ0n) is 11.3. The molecule has 0 radical (unpaired) electrons. The molecule has 0 bridgehead atoms. The summed E-state index contributed by atoms with van der Waals surface area (Å²) in [5.74, 6) is 1.86. The fourth-order valence-electron chi connectivity index (χ4n) is 2.05. The number of nitrogens with one attached hydrogen (secondary N) is 1. The number of furan rings is 1. The van der Waals surface area contributed by atoms with Gasteiger partial charge in [0.15, 0.2) is 11.5 Å². The van der Waals surface area contributed by atoms with Crippen molar-refractivity contribution in [1.29, 1.82) is 5.26 Å². The van der Waals surface area contributed by atoms with Crippen molar-refractivity contribution >= 4 is 5.69 Å². The first kappa shape index (κ1) is 12.4. The Morgan fingerprint density at radius 2 is 1.95 bits per heavy atom. The summed E-state index contributed by atoms with van der Waals surface area (Å²) in [5, 5.41) is 11.9. The first-order chi connectivity index (χ1) is 9.55. The third-order valence-corrected chi connectivity index (χ3v) is 2.89. The van der Waals surface area contributed by atoms with Gasteiger partial charge in [0.05, 0.1) is 6.54 Å². The van der Waals surface area contributed by atoms with E-state index in [4.69, 9.17) is 19.2 Å². The van der Waals surface area contributed by atoms with Crippen molar-refractivity contribution in [1.82, 2.24) is 0 Å². The summed E-state index contributed by atoms with van der Waals surface area (Å²) in [6, 6.07) is 11.1. The zero-order chi connectivity index (χ0) is 14.2. The lowest BCUT2D eigenvalue weighted by molar-refractivity contribution is -0.0431. The van der Waals surface area contributed by atoms with Crippen LogP contribution in [-0.2, 0) is 6.54 Å². The van der Waals surface area contributed by atoms with Gasteiger partial charge in [0, 0.05) is 25.6 Å². The highest BCUT2D eigenvalue weighted by Crippen LogP contribution is 2.40. The van der Waals surface area contributed by atoms with Crippen LogP contribution in [0.4, 0.5) is 5.69 Å². The van der Waals surface area contributed by atoms with Crippen molar-refractivity contribution in [3.05, 3.63) is 41.9 Å². The molecule has 0 aliphatic carbocycles. The zero-order valence-corrected chi connectivity index (χ0v) is 11.3. The maximum atomic E-state index is 8.70. The summed E-state index contributed by atoms with van der Waals surface area (Å²) in [6.45, 7) is 4.24. The molecular weight excluding hydrogens is 256 g/mol. The lowest BCUT2D eigenvalue weighted by Gasteiger charge is -2.16. The first-order valence-electron chi connectivity index (χ1n) is 6.30. The first-order valence-corrected chi connectivity index (χ1v) is 6.30. The number of anilines is 1. The van der Waals surface area contributed by atoms with Crippen LogP contribution < -0.4 is 14.8 Å². The second-order valence-electron chi connectivity index (χ2n) is 5.00. The summed E-state index contributed by atoms with van der Waals surface area (Å²) < 4.78 is 16.6. The van der Waals surface area contributed by atoms with E-state index >= 15 is 0 Å². The Bertz CT molecular complexity index is 683. The van der Waals surface area contributed by atoms with Gasteiger partial charge in [0.25, 0.3) is 0 Å². The molecule has 5 nitrogen and oxygen atoms in total. The topological polar surface area (TPSA) is 67.4 Å². The number of benzene rings is 1. The number of hydrogen-bond donors (Lipinski definition) is 1. The van der Waals surface area contributed by atoms with E-state index in [1.165, 1.54) is 0 Å². The molecule has 5 heteroatoms. The van der Waals surface area contributed by atoms with Crippen molar-refractivity contribution in [2.45, 2.75) is 26.2 Å². The molecule has 102 valence electrons. The van der Waals surface area contributed by atoms with Gasteiger partial charge in [0.1, 0.15) is 11.8 Å². The molecule has 0 unspecified atom stereocenters. The van der Waals surface area contributed by atoms with Crippen LogP contribution in [0, 0.1) is 11.3 Å². The quantitative estimate of drug-likeness (QED) is 0.927. The molecule has 0 atom stereocenters. The van der Waals surface area contributed by atoms with Crippen molar-refractivity contribution in [2.24, 2.45) is 0 Å². The van der Waals surface area contributed by atoms with E-state index in [0.29, 0.717) is 18.1 Å². The number of nitriles is 1. The summed E-state index contributed by atoms with van der Waals surface area (Å²) in [5.41, 5.74) is 0.903. The Labute approximate surface area is 116 Å². The van der Waals surface area contributed by atoms with E-state index in [2.05, 4.69) is 5.32 Å². The average molecular weight is 270 g/mol. The smallest absolute Gasteiger partial charge is 0.246 e. The van der Waals surface area contributed by atoms with Crippen molar-refractivity contribution in [2.75, 3.05) is 5.32 Å². The molecule has 1 N–H and O–H groups in total. The maximum Gasteiger partial charge on any atom is 0.246 e. The second kappa shape index (κ2) is 4.49. The molecule has 0 amide bonds.